The molecule has 2 nitrogen and oxygen atoms in total. The zero-order valence-corrected chi connectivity index (χ0v) is 7.09. The minimum Gasteiger partial charge on any atom is -0.391 e. The Morgan fingerprint density at radius 2 is 2.45 bits per heavy atom. The van der Waals surface area contributed by atoms with Gasteiger partial charge in [-0.1, -0.05) is 11.6 Å². The lowest BCUT2D eigenvalue weighted by Gasteiger charge is -2.14. The fourth-order valence-electron chi connectivity index (χ4n) is 1.38. The van der Waals surface area contributed by atoms with E-state index in [2.05, 4.69) is 6.08 Å². The minimum absolute atomic E-state index is 0.100. The Balaban J connectivity index is 2.29. The van der Waals surface area contributed by atoms with Crippen LogP contribution in [0.25, 0.3) is 0 Å². The predicted octanol–water partition coefficient (Wildman–Crippen LogP) is 1.19. The fraction of sp³-hybridized carbons (Fsp3) is 0.778. The molecule has 1 aliphatic carbocycles. The maximum absolute atomic E-state index is 9.42. The van der Waals surface area contributed by atoms with Crippen molar-refractivity contribution in [2.24, 2.45) is 5.73 Å². The molecule has 3 N–H and O–H groups in total. The summed E-state index contributed by atoms with van der Waals surface area (Å²) in [6, 6.07) is -0.100. The maximum Gasteiger partial charge on any atom is 0.0725 e. The molecule has 0 heterocycles. The summed E-state index contributed by atoms with van der Waals surface area (Å²) in [4.78, 5) is 0. The van der Waals surface area contributed by atoms with Gasteiger partial charge in [-0.3, -0.25) is 0 Å². The lowest BCUT2D eigenvalue weighted by Crippen LogP contribution is -2.31. The molecule has 1 aliphatic rings. The largest absolute Gasteiger partial charge is 0.391 e. The summed E-state index contributed by atoms with van der Waals surface area (Å²) in [6.45, 7) is 1.85. The molecular formula is C9H17NO. The van der Waals surface area contributed by atoms with Crippen LogP contribution in [0, 0.1) is 0 Å². The zero-order chi connectivity index (χ0) is 8.27. The van der Waals surface area contributed by atoms with E-state index in [1.165, 1.54) is 18.4 Å². The SMILES string of the molecule is CC(N)C(O)CC1=CCCC1. The Kier molecular flexibility index (Phi) is 3.09. The highest BCUT2D eigenvalue weighted by molar-refractivity contribution is 5.08. The molecule has 0 amide bonds. The second-order valence-corrected chi connectivity index (χ2v) is 3.39. The molecule has 0 saturated heterocycles. The Hall–Kier alpha value is -0.340. The molecule has 64 valence electrons. The lowest BCUT2D eigenvalue weighted by atomic mass is 10.0. The van der Waals surface area contributed by atoms with E-state index >= 15 is 0 Å². The molecule has 1 rings (SSSR count). The third kappa shape index (κ3) is 2.64. The van der Waals surface area contributed by atoms with E-state index in [1.54, 1.807) is 0 Å². The molecule has 2 heteroatoms. The zero-order valence-electron chi connectivity index (χ0n) is 7.09. The van der Waals surface area contributed by atoms with Crippen LogP contribution in [0.3, 0.4) is 0 Å². The molecule has 0 aromatic rings. The Morgan fingerprint density at radius 3 is 2.91 bits per heavy atom. The van der Waals surface area contributed by atoms with Crippen molar-refractivity contribution in [1.82, 2.24) is 0 Å². The molecule has 0 bridgehead atoms. The molecule has 0 radical (unpaired) electrons. The van der Waals surface area contributed by atoms with Crippen molar-refractivity contribution in [1.29, 1.82) is 0 Å². The number of rotatable bonds is 3. The van der Waals surface area contributed by atoms with E-state index in [0.29, 0.717) is 0 Å². The topological polar surface area (TPSA) is 46.2 Å². The summed E-state index contributed by atoms with van der Waals surface area (Å²) in [5.41, 5.74) is 6.92. The molecule has 0 aromatic heterocycles. The molecule has 0 spiro atoms. The third-order valence-electron chi connectivity index (χ3n) is 2.21. The highest BCUT2D eigenvalue weighted by Gasteiger charge is 2.13. The lowest BCUT2D eigenvalue weighted by molar-refractivity contribution is 0.150. The van der Waals surface area contributed by atoms with Crippen LogP contribution in [0.2, 0.25) is 0 Å². The molecule has 0 aliphatic heterocycles. The van der Waals surface area contributed by atoms with E-state index in [9.17, 15) is 5.11 Å². The third-order valence-corrected chi connectivity index (χ3v) is 2.21. The second kappa shape index (κ2) is 3.88. The summed E-state index contributed by atoms with van der Waals surface area (Å²) >= 11 is 0. The molecule has 0 fully saturated rings. The van der Waals surface area contributed by atoms with Crippen LogP contribution in [0.4, 0.5) is 0 Å². The van der Waals surface area contributed by atoms with E-state index in [-0.39, 0.29) is 12.1 Å². The van der Waals surface area contributed by atoms with E-state index in [4.69, 9.17) is 5.73 Å². The Morgan fingerprint density at radius 1 is 1.73 bits per heavy atom. The molecule has 2 atom stereocenters. The summed E-state index contributed by atoms with van der Waals surface area (Å²) in [7, 11) is 0. The van der Waals surface area contributed by atoms with Crippen molar-refractivity contribution in [2.45, 2.75) is 44.8 Å². The summed E-state index contributed by atoms with van der Waals surface area (Å²) in [6.07, 6.45) is 6.24. The summed E-state index contributed by atoms with van der Waals surface area (Å²) < 4.78 is 0. The predicted molar refractivity (Wildman–Crippen MR) is 46.2 cm³/mol. The van der Waals surface area contributed by atoms with Gasteiger partial charge in [-0.05, 0) is 32.6 Å². The number of hydrogen-bond donors (Lipinski definition) is 2. The summed E-state index contributed by atoms with van der Waals surface area (Å²) in [5, 5.41) is 9.42. The van der Waals surface area contributed by atoms with Crippen molar-refractivity contribution in [3.8, 4) is 0 Å². The minimum atomic E-state index is -0.348. The Labute approximate surface area is 68.1 Å². The standard InChI is InChI=1S/C9H17NO/c1-7(10)9(11)6-8-4-2-3-5-8/h4,7,9,11H,2-3,5-6,10H2,1H3. The highest BCUT2D eigenvalue weighted by atomic mass is 16.3. The molecule has 0 aromatic carbocycles. The average molecular weight is 155 g/mol. The highest BCUT2D eigenvalue weighted by Crippen LogP contribution is 2.22. The number of nitrogens with two attached hydrogens (primary N) is 1. The molecule has 0 saturated carbocycles. The van der Waals surface area contributed by atoms with Crippen LogP contribution in [-0.4, -0.2) is 17.3 Å². The quantitative estimate of drug-likeness (QED) is 0.601. The van der Waals surface area contributed by atoms with Crippen LogP contribution >= 0.6 is 0 Å². The van der Waals surface area contributed by atoms with Crippen molar-refractivity contribution in [3.63, 3.8) is 0 Å². The molecule has 11 heavy (non-hydrogen) atoms. The van der Waals surface area contributed by atoms with Crippen LogP contribution in [0.5, 0.6) is 0 Å². The first-order chi connectivity index (χ1) is 5.20. The van der Waals surface area contributed by atoms with Gasteiger partial charge in [0, 0.05) is 6.04 Å². The maximum atomic E-state index is 9.42. The van der Waals surface area contributed by atoms with Crippen LogP contribution in [-0.2, 0) is 0 Å². The summed E-state index contributed by atoms with van der Waals surface area (Å²) in [5.74, 6) is 0. The van der Waals surface area contributed by atoms with Gasteiger partial charge in [-0.25, -0.2) is 0 Å². The van der Waals surface area contributed by atoms with Gasteiger partial charge in [0.2, 0.25) is 0 Å². The number of allylic oxidation sites excluding steroid dienone is 1. The van der Waals surface area contributed by atoms with Gasteiger partial charge in [0.25, 0.3) is 0 Å². The first-order valence-electron chi connectivity index (χ1n) is 4.31. The van der Waals surface area contributed by atoms with Gasteiger partial charge in [0.15, 0.2) is 0 Å². The van der Waals surface area contributed by atoms with Crippen molar-refractivity contribution >= 4 is 0 Å². The van der Waals surface area contributed by atoms with Crippen molar-refractivity contribution in [2.75, 3.05) is 0 Å². The Bertz CT molecular complexity index is 152. The van der Waals surface area contributed by atoms with Gasteiger partial charge < -0.3 is 10.8 Å². The van der Waals surface area contributed by atoms with Gasteiger partial charge >= 0.3 is 0 Å². The van der Waals surface area contributed by atoms with E-state index in [0.717, 1.165) is 12.8 Å². The van der Waals surface area contributed by atoms with Crippen LogP contribution < -0.4 is 5.73 Å². The fourth-order valence-corrected chi connectivity index (χ4v) is 1.38. The van der Waals surface area contributed by atoms with E-state index < -0.39 is 0 Å². The monoisotopic (exact) mass is 155 g/mol. The number of aliphatic hydroxyl groups is 1. The molecule has 2 unspecified atom stereocenters. The first-order valence-corrected chi connectivity index (χ1v) is 4.31. The van der Waals surface area contributed by atoms with Gasteiger partial charge in [0.1, 0.15) is 0 Å². The number of aliphatic hydroxyl groups excluding tert-OH is 1. The van der Waals surface area contributed by atoms with Gasteiger partial charge in [0.05, 0.1) is 6.10 Å². The van der Waals surface area contributed by atoms with Crippen molar-refractivity contribution < 1.29 is 5.11 Å². The van der Waals surface area contributed by atoms with E-state index in [1.807, 2.05) is 6.92 Å². The average Bonchev–Trinajstić information content (AvgIpc) is 2.39. The smallest absolute Gasteiger partial charge is 0.0725 e. The normalized spacial score (nSPS) is 23.0. The van der Waals surface area contributed by atoms with Crippen LogP contribution in [0.1, 0.15) is 32.6 Å². The van der Waals surface area contributed by atoms with Crippen LogP contribution in [0.15, 0.2) is 11.6 Å². The first kappa shape index (κ1) is 8.75. The van der Waals surface area contributed by atoms with Gasteiger partial charge in [-0.15, -0.1) is 0 Å². The second-order valence-electron chi connectivity index (χ2n) is 3.39. The van der Waals surface area contributed by atoms with Gasteiger partial charge in [-0.2, -0.15) is 0 Å². The molecular weight excluding hydrogens is 138 g/mol. The van der Waals surface area contributed by atoms with Crippen molar-refractivity contribution in [3.05, 3.63) is 11.6 Å². The number of hydrogen-bond acceptors (Lipinski definition) is 2.